The Bertz CT molecular complexity index is 699. The molecule has 0 aliphatic carbocycles. The number of halogens is 1. The van der Waals surface area contributed by atoms with Crippen molar-refractivity contribution in [1.82, 2.24) is 10.6 Å². The molecule has 0 spiro atoms. The number of anilines is 1. The van der Waals surface area contributed by atoms with Gasteiger partial charge in [0, 0.05) is 33.2 Å². The summed E-state index contributed by atoms with van der Waals surface area (Å²) in [7, 11) is 1.73. The van der Waals surface area contributed by atoms with Crippen LogP contribution in [0.2, 0.25) is 0 Å². The number of aliphatic imine (C=N–C) groups is 1. The average molecular weight is 362 g/mol. The Morgan fingerprint density at radius 2 is 1.96 bits per heavy atom. The highest BCUT2D eigenvalue weighted by Crippen LogP contribution is 2.21. The molecule has 1 aromatic carbocycles. The Balaban J connectivity index is 1.54. The average Bonchev–Trinajstić information content (AvgIpc) is 3.16. The fourth-order valence-electron chi connectivity index (χ4n) is 2.71. The fraction of sp³-hybridized carbons (Fsp3) is 0.389. The van der Waals surface area contributed by atoms with E-state index in [0.717, 1.165) is 18.7 Å². The van der Waals surface area contributed by atoms with Gasteiger partial charge in [-0.25, -0.2) is 4.39 Å². The summed E-state index contributed by atoms with van der Waals surface area (Å²) in [5.74, 6) is 0.506. The molecular formula is C18H23FN4OS. The molecule has 25 heavy (non-hydrogen) atoms. The van der Waals surface area contributed by atoms with Crippen molar-refractivity contribution >= 4 is 23.0 Å². The van der Waals surface area contributed by atoms with E-state index in [2.05, 4.69) is 27.1 Å². The van der Waals surface area contributed by atoms with E-state index in [-0.39, 0.29) is 5.82 Å². The van der Waals surface area contributed by atoms with E-state index in [0.29, 0.717) is 38.0 Å². The zero-order valence-corrected chi connectivity index (χ0v) is 15.1. The molecule has 1 saturated heterocycles. The maximum absolute atomic E-state index is 14.4. The second-order valence-electron chi connectivity index (χ2n) is 5.80. The molecule has 0 unspecified atom stereocenters. The molecule has 1 aliphatic heterocycles. The summed E-state index contributed by atoms with van der Waals surface area (Å²) in [5, 5.41) is 10.6. The van der Waals surface area contributed by atoms with Crippen molar-refractivity contribution in [3.8, 4) is 0 Å². The summed E-state index contributed by atoms with van der Waals surface area (Å²) >= 11 is 1.67. The van der Waals surface area contributed by atoms with Crippen LogP contribution in [0.3, 0.4) is 0 Å². The predicted molar refractivity (Wildman–Crippen MR) is 101 cm³/mol. The molecule has 1 fully saturated rings. The lowest BCUT2D eigenvalue weighted by atomic mass is 10.1. The molecule has 0 saturated carbocycles. The maximum Gasteiger partial charge on any atom is 0.191 e. The number of benzene rings is 1. The van der Waals surface area contributed by atoms with Gasteiger partial charge in [-0.3, -0.25) is 4.99 Å². The van der Waals surface area contributed by atoms with E-state index in [1.807, 2.05) is 22.4 Å². The van der Waals surface area contributed by atoms with Crippen LogP contribution < -0.4 is 15.5 Å². The van der Waals surface area contributed by atoms with Crippen molar-refractivity contribution in [2.75, 3.05) is 38.3 Å². The summed E-state index contributed by atoms with van der Waals surface area (Å²) in [6.07, 6.45) is 0. The quantitative estimate of drug-likeness (QED) is 0.634. The van der Waals surface area contributed by atoms with E-state index in [1.54, 1.807) is 24.5 Å². The van der Waals surface area contributed by atoms with E-state index >= 15 is 0 Å². The number of nitrogens with zero attached hydrogens (tertiary/aromatic N) is 2. The minimum absolute atomic E-state index is 0.192. The number of hydrogen-bond acceptors (Lipinski definition) is 4. The van der Waals surface area contributed by atoms with Crippen molar-refractivity contribution in [2.45, 2.75) is 13.1 Å². The molecule has 0 radical (unpaired) electrons. The minimum Gasteiger partial charge on any atom is -0.378 e. The molecule has 5 nitrogen and oxygen atoms in total. The molecule has 1 aromatic heterocycles. The van der Waals surface area contributed by atoms with Gasteiger partial charge in [0.25, 0.3) is 0 Å². The Kier molecular flexibility index (Phi) is 6.25. The lowest BCUT2D eigenvalue weighted by molar-refractivity contribution is 0.122. The smallest absolute Gasteiger partial charge is 0.191 e. The molecule has 0 amide bonds. The van der Waals surface area contributed by atoms with Crippen LogP contribution in [0.15, 0.2) is 40.0 Å². The number of morpholine rings is 1. The Labute approximate surface area is 151 Å². The maximum atomic E-state index is 14.4. The first-order valence-corrected chi connectivity index (χ1v) is 9.27. The second-order valence-corrected chi connectivity index (χ2v) is 6.58. The summed E-state index contributed by atoms with van der Waals surface area (Å²) in [6.45, 7) is 3.99. The minimum atomic E-state index is -0.192. The van der Waals surface area contributed by atoms with Crippen molar-refractivity contribution in [3.63, 3.8) is 0 Å². The molecule has 3 rings (SSSR count). The Morgan fingerprint density at radius 3 is 2.60 bits per heavy atom. The Morgan fingerprint density at radius 1 is 1.20 bits per heavy atom. The third-order valence-corrected chi connectivity index (χ3v) is 4.82. The van der Waals surface area contributed by atoms with Gasteiger partial charge in [-0.1, -0.05) is 6.07 Å². The molecule has 2 N–H and O–H groups in total. The largest absolute Gasteiger partial charge is 0.378 e. The topological polar surface area (TPSA) is 48.9 Å². The summed E-state index contributed by atoms with van der Waals surface area (Å²) in [5.41, 5.74) is 2.74. The van der Waals surface area contributed by atoms with Gasteiger partial charge in [-0.2, -0.15) is 11.3 Å². The van der Waals surface area contributed by atoms with Crippen molar-refractivity contribution < 1.29 is 9.13 Å². The molecule has 7 heteroatoms. The van der Waals surface area contributed by atoms with Crippen molar-refractivity contribution in [3.05, 3.63) is 52.0 Å². The van der Waals surface area contributed by atoms with Crippen LogP contribution in [0.1, 0.15) is 11.1 Å². The zero-order valence-electron chi connectivity index (χ0n) is 14.3. The first kappa shape index (κ1) is 17.7. The first-order chi connectivity index (χ1) is 12.3. The van der Waals surface area contributed by atoms with Crippen molar-refractivity contribution in [1.29, 1.82) is 0 Å². The highest BCUT2D eigenvalue weighted by atomic mass is 32.1. The third kappa shape index (κ3) is 4.93. The molecule has 2 aromatic rings. The summed E-state index contributed by atoms with van der Waals surface area (Å²) in [6, 6.07) is 7.46. The third-order valence-electron chi connectivity index (χ3n) is 4.09. The summed E-state index contributed by atoms with van der Waals surface area (Å²) < 4.78 is 19.7. The van der Waals surface area contributed by atoms with Crippen molar-refractivity contribution in [2.24, 2.45) is 4.99 Å². The summed E-state index contributed by atoms with van der Waals surface area (Å²) in [4.78, 5) is 6.22. The van der Waals surface area contributed by atoms with Crippen LogP contribution in [0.5, 0.6) is 0 Å². The van der Waals surface area contributed by atoms with Crippen LogP contribution in [-0.4, -0.2) is 39.3 Å². The van der Waals surface area contributed by atoms with E-state index in [1.165, 1.54) is 5.56 Å². The number of ether oxygens (including phenoxy) is 1. The van der Waals surface area contributed by atoms with Gasteiger partial charge >= 0.3 is 0 Å². The molecule has 134 valence electrons. The fourth-order valence-corrected chi connectivity index (χ4v) is 3.38. The highest BCUT2D eigenvalue weighted by molar-refractivity contribution is 7.07. The van der Waals surface area contributed by atoms with E-state index in [9.17, 15) is 4.39 Å². The van der Waals surface area contributed by atoms with Crippen LogP contribution >= 0.6 is 11.3 Å². The van der Waals surface area contributed by atoms with Gasteiger partial charge < -0.3 is 20.3 Å². The number of thiophene rings is 1. The van der Waals surface area contributed by atoms with Crippen LogP contribution in [0.4, 0.5) is 10.1 Å². The molecule has 1 aliphatic rings. The van der Waals surface area contributed by atoms with Gasteiger partial charge in [-0.05, 0) is 40.1 Å². The van der Waals surface area contributed by atoms with Gasteiger partial charge in [-0.15, -0.1) is 0 Å². The second kappa shape index (κ2) is 8.82. The number of nitrogens with one attached hydrogen (secondary N) is 2. The van der Waals surface area contributed by atoms with Gasteiger partial charge in [0.2, 0.25) is 0 Å². The highest BCUT2D eigenvalue weighted by Gasteiger charge is 2.15. The monoisotopic (exact) mass is 362 g/mol. The molecular weight excluding hydrogens is 339 g/mol. The number of guanidine groups is 1. The molecule has 0 bridgehead atoms. The van der Waals surface area contributed by atoms with E-state index < -0.39 is 0 Å². The van der Waals surface area contributed by atoms with Crippen LogP contribution in [0, 0.1) is 5.82 Å². The standard InChI is InChI=1S/C18H23FN4OS/c1-20-18(22-12-15-4-9-25-13-15)21-11-14-2-3-17(16(19)10-14)23-5-7-24-8-6-23/h2-4,9-10,13H,5-8,11-12H2,1H3,(H2,20,21,22). The normalized spacial score (nSPS) is 15.3. The lowest BCUT2D eigenvalue weighted by Crippen LogP contribution is -2.37. The lowest BCUT2D eigenvalue weighted by Gasteiger charge is -2.29. The van der Waals surface area contributed by atoms with Crippen LogP contribution in [-0.2, 0) is 17.8 Å². The van der Waals surface area contributed by atoms with Gasteiger partial charge in [0.15, 0.2) is 5.96 Å². The van der Waals surface area contributed by atoms with E-state index in [4.69, 9.17) is 4.74 Å². The van der Waals surface area contributed by atoms with Gasteiger partial charge in [0.1, 0.15) is 5.82 Å². The van der Waals surface area contributed by atoms with Gasteiger partial charge in [0.05, 0.1) is 18.9 Å². The first-order valence-electron chi connectivity index (χ1n) is 8.33. The number of hydrogen-bond donors (Lipinski definition) is 2. The predicted octanol–water partition coefficient (Wildman–Crippen LogP) is 2.59. The molecule has 0 atom stereocenters. The van der Waals surface area contributed by atoms with Crippen LogP contribution in [0.25, 0.3) is 0 Å². The molecule has 2 heterocycles. The number of rotatable bonds is 5. The zero-order chi connectivity index (χ0) is 17.5. The SMILES string of the molecule is CN=C(NCc1ccsc1)NCc1ccc(N2CCOCC2)c(F)c1. The Hall–Kier alpha value is -2.12.